The first-order chi connectivity index (χ1) is 8.93. The van der Waals surface area contributed by atoms with E-state index in [2.05, 4.69) is 0 Å². The van der Waals surface area contributed by atoms with Gasteiger partial charge < -0.3 is 4.74 Å². The third kappa shape index (κ3) is 3.14. The summed E-state index contributed by atoms with van der Waals surface area (Å²) in [5.41, 5.74) is -1.38. The second-order valence-corrected chi connectivity index (χ2v) is 3.73. The fraction of sp³-hybridized carbons (Fsp3) is 0.167. The molecule has 0 aromatic heterocycles. The van der Waals surface area contributed by atoms with Crippen LogP contribution in [0, 0.1) is 17.5 Å². The summed E-state index contributed by atoms with van der Waals surface area (Å²) in [4.78, 5) is 22.4. The number of benzene rings is 1. The van der Waals surface area contributed by atoms with Gasteiger partial charge in [-0.25, -0.2) is 13.2 Å². The SMILES string of the molecule is CCOC=C(C=O)C(=O)c1cc(Cl)c(F)c(F)c1F. The molecule has 19 heavy (non-hydrogen) atoms. The Morgan fingerprint density at radius 2 is 1.95 bits per heavy atom. The van der Waals surface area contributed by atoms with E-state index in [4.69, 9.17) is 16.3 Å². The van der Waals surface area contributed by atoms with E-state index in [1.54, 1.807) is 6.92 Å². The first-order valence-electron chi connectivity index (χ1n) is 5.08. The van der Waals surface area contributed by atoms with E-state index >= 15 is 0 Å². The summed E-state index contributed by atoms with van der Waals surface area (Å²) >= 11 is 5.31. The quantitative estimate of drug-likeness (QED) is 0.122. The average Bonchev–Trinajstić information content (AvgIpc) is 2.41. The normalized spacial score (nSPS) is 11.3. The van der Waals surface area contributed by atoms with Gasteiger partial charge in [0.15, 0.2) is 23.7 Å². The third-order valence-electron chi connectivity index (χ3n) is 2.11. The minimum Gasteiger partial charge on any atom is -0.501 e. The van der Waals surface area contributed by atoms with Crippen LogP contribution in [0.15, 0.2) is 17.9 Å². The number of hydrogen-bond donors (Lipinski definition) is 0. The maximum Gasteiger partial charge on any atom is 0.202 e. The van der Waals surface area contributed by atoms with Crippen molar-refractivity contribution in [3.05, 3.63) is 45.9 Å². The Morgan fingerprint density at radius 3 is 2.47 bits per heavy atom. The first kappa shape index (κ1) is 15.2. The Hall–Kier alpha value is -1.82. The van der Waals surface area contributed by atoms with Gasteiger partial charge >= 0.3 is 0 Å². The summed E-state index contributed by atoms with van der Waals surface area (Å²) < 4.78 is 44.2. The van der Waals surface area contributed by atoms with Crippen LogP contribution in [-0.4, -0.2) is 18.7 Å². The lowest BCUT2D eigenvalue weighted by atomic mass is 10.0. The van der Waals surface area contributed by atoms with Crippen molar-refractivity contribution >= 4 is 23.7 Å². The summed E-state index contributed by atoms with van der Waals surface area (Å²) in [6.07, 6.45) is 0.927. The van der Waals surface area contributed by atoms with E-state index in [0.29, 0.717) is 6.07 Å². The van der Waals surface area contributed by atoms with Crippen LogP contribution in [0.3, 0.4) is 0 Å². The molecule has 1 rings (SSSR count). The number of halogens is 4. The summed E-state index contributed by atoms with van der Waals surface area (Å²) in [5.74, 6) is -6.34. The molecule has 3 nitrogen and oxygen atoms in total. The number of rotatable bonds is 5. The van der Waals surface area contributed by atoms with E-state index in [1.165, 1.54) is 0 Å². The van der Waals surface area contributed by atoms with Crippen LogP contribution in [-0.2, 0) is 9.53 Å². The number of hydrogen-bond acceptors (Lipinski definition) is 3. The van der Waals surface area contributed by atoms with Crippen molar-refractivity contribution in [2.24, 2.45) is 0 Å². The van der Waals surface area contributed by atoms with Gasteiger partial charge in [0.25, 0.3) is 0 Å². The van der Waals surface area contributed by atoms with Gasteiger partial charge in [-0.05, 0) is 13.0 Å². The molecule has 0 atom stereocenters. The molecule has 0 fully saturated rings. The number of aldehydes is 1. The van der Waals surface area contributed by atoms with Gasteiger partial charge in [0, 0.05) is 0 Å². The predicted octanol–water partition coefficient (Wildman–Crippen LogP) is 3.06. The molecule has 0 bridgehead atoms. The fourth-order valence-electron chi connectivity index (χ4n) is 1.20. The van der Waals surface area contributed by atoms with Gasteiger partial charge in [0.2, 0.25) is 5.78 Å². The number of ether oxygens (including phenoxy) is 1. The van der Waals surface area contributed by atoms with Crippen LogP contribution in [0.2, 0.25) is 5.02 Å². The highest BCUT2D eigenvalue weighted by Gasteiger charge is 2.24. The second-order valence-electron chi connectivity index (χ2n) is 3.32. The lowest BCUT2D eigenvalue weighted by molar-refractivity contribution is -0.104. The zero-order valence-corrected chi connectivity index (χ0v) is 10.4. The van der Waals surface area contributed by atoms with Gasteiger partial charge in [0.05, 0.1) is 29.0 Å². The molecule has 102 valence electrons. The Morgan fingerprint density at radius 1 is 1.32 bits per heavy atom. The molecular weight excluding hydrogens is 285 g/mol. The Labute approximate surface area is 111 Å². The maximum atomic E-state index is 13.4. The Bertz CT molecular complexity index is 556. The molecule has 7 heteroatoms. The van der Waals surface area contributed by atoms with E-state index in [1.807, 2.05) is 0 Å². The molecular formula is C12H8ClF3O3. The molecule has 0 saturated heterocycles. The van der Waals surface area contributed by atoms with Gasteiger partial charge in [-0.15, -0.1) is 0 Å². The molecule has 0 amide bonds. The van der Waals surface area contributed by atoms with Gasteiger partial charge in [-0.1, -0.05) is 11.6 Å². The van der Waals surface area contributed by atoms with Crippen molar-refractivity contribution in [2.75, 3.05) is 6.61 Å². The average molecular weight is 293 g/mol. The molecule has 0 spiro atoms. The number of carbonyl (C=O) groups is 2. The molecule has 0 unspecified atom stereocenters. The van der Waals surface area contributed by atoms with Crippen LogP contribution in [0.4, 0.5) is 13.2 Å². The van der Waals surface area contributed by atoms with Gasteiger partial charge in [0.1, 0.15) is 0 Å². The summed E-state index contributed by atoms with van der Waals surface area (Å²) in [6, 6.07) is 0.612. The highest BCUT2D eigenvalue weighted by atomic mass is 35.5. The van der Waals surface area contributed by atoms with Crippen molar-refractivity contribution in [3.63, 3.8) is 0 Å². The minimum absolute atomic E-state index is 0.118. The zero-order chi connectivity index (χ0) is 14.6. The largest absolute Gasteiger partial charge is 0.501 e. The Kier molecular flexibility index (Phi) is 5.11. The molecule has 0 aliphatic heterocycles. The Balaban J connectivity index is 3.30. The van der Waals surface area contributed by atoms with Gasteiger partial charge in [-0.3, -0.25) is 9.59 Å². The molecule has 0 heterocycles. The van der Waals surface area contributed by atoms with E-state index in [9.17, 15) is 22.8 Å². The predicted molar refractivity (Wildman–Crippen MR) is 61.4 cm³/mol. The fourth-order valence-corrected chi connectivity index (χ4v) is 1.39. The van der Waals surface area contributed by atoms with Crippen molar-refractivity contribution in [2.45, 2.75) is 6.92 Å². The van der Waals surface area contributed by atoms with E-state index in [-0.39, 0.29) is 12.9 Å². The highest BCUT2D eigenvalue weighted by molar-refractivity contribution is 6.31. The molecule has 0 aliphatic carbocycles. The van der Waals surface area contributed by atoms with Crippen LogP contribution >= 0.6 is 11.6 Å². The van der Waals surface area contributed by atoms with Crippen molar-refractivity contribution < 1.29 is 27.5 Å². The minimum atomic E-state index is -1.88. The van der Waals surface area contributed by atoms with Crippen LogP contribution in [0.5, 0.6) is 0 Å². The number of ketones is 1. The molecule has 1 aromatic rings. The van der Waals surface area contributed by atoms with Crippen molar-refractivity contribution in [1.29, 1.82) is 0 Å². The van der Waals surface area contributed by atoms with Crippen LogP contribution in [0.25, 0.3) is 0 Å². The summed E-state index contributed by atoms with van der Waals surface area (Å²) in [7, 11) is 0. The number of allylic oxidation sites excluding steroid dienone is 1. The second kappa shape index (κ2) is 6.38. The zero-order valence-electron chi connectivity index (χ0n) is 9.68. The van der Waals surface area contributed by atoms with Crippen LogP contribution in [0.1, 0.15) is 17.3 Å². The smallest absolute Gasteiger partial charge is 0.202 e. The van der Waals surface area contributed by atoms with Crippen molar-refractivity contribution in [1.82, 2.24) is 0 Å². The van der Waals surface area contributed by atoms with E-state index < -0.39 is 39.4 Å². The molecule has 1 aromatic carbocycles. The highest BCUT2D eigenvalue weighted by Crippen LogP contribution is 2.25. The number of carbonyl (C=O) groups excluding carboxylic acids is 2. The molecule has 0 saturated carbocycles. The number of Topliss-reactive ketones (excluding diaryl/α,β-unsaturated/α-hetero) is 1. The topological polar surface area (TPSA) is 43.4 Å². The molecule has 0 radical (unpaired) electrons. The monoisotopic (exact) mass is 292 g/mol. The maximum absolute atomic E-state index is 13.4. The van der Waals surface area contributed by atoms with Crippen LogP contribution < -0.4 is 0 Å². The summed E-state index contributed by atoms with van der Waals surface area (Å²) in [6.45, 7) is 1.77. The molecule has 0 N–H and O–H groups in total. The van der Waals surface area contributed by atoms with Crippen molar-refractivity contribution in [3.8, 4) is 0 Å². The lowest BCUT2D eigenvalue weighted by Crippen LogP contribution is -2.10. The standard InChI is InChI=1S/C12H8ClF3O3/c1-2-19-5-6(4-17)12(18)7-3-8(13)10(15)11(16)9(7)14/h3-5H,2H2,1H3. The lowest BCUT2D eigenvalue weighted by Gasteiger charge is -2.05. The van der Waals surface area contributed by atoms with E-state index in [0.717, 1.165) is 6.26 Å². The third-order valence-corrected chi connectivity index (χ3v) is 2.39. The summed E-state index contributed by atoms with van der Waals surface area (Å²) in [5, 5.41) is -0.760. The van der Waals surface area contributed by atoms with Gasteiger partial charge in [-0.2, -0.15) is 0 Å². The molecule has 0 aliphatic rings. The first-order valence-corrected chi connectivity index (χ1v) is 5.46.